The van der Waals surface area contributed by atoms with Gasteiger partial charge in [-0.2, -0.15) is 0 Å². The molecule has 0 aromatic heterocycles. The summed E-state index contributed by atoms with van der Waals surface area (Å²) in [5.41, 5.74) is 1.34. The highest BCUT2D eigenvalue weighted by molar-refractivity contribution is 5.94. The SMILES string of the molecule is COc1cccc(NC(=O)CNc2cc(OC)c(OC)c(OC)c2)c1. The number of hydrogen-bond acceptors (Lipinski definition) is 6. The third-order valence-electron chi connectivity index (χ3n) is 3.47. The highest BCUT2D eigenvalue weighted by Crippen LogP contribution is 2.39. The summed E-state index contributed by atoms with van der Waals surface area (Å²) in [6, 6.07) is 10.6. The van der Waals surface area contributed by atoms with Gasteiger partial charge in [0, 0.05) is 29.6 Å². The number of methoxy groups -OCH3 is 4. The molecule has 0 heterocycles. The molecule has 2 rings (SSSR count). The smallest absolute Gasteiger partial charge is 0.243 e. The van der Waals surface area contributed by atoms with Gasteiger partial charge in [-0.15, -0.1) is 0 Å². The molecule has 0 radical (unpaired) electrons. The average molecular weight is 346 g/mol. The van der Waals surface area contributed by atoms with Crippen molar-refractivity contribution in [3.8, 4) is 23.0 Å². The van der Waals surface area contributed by atoms with Crippen LogP contribution in [0.2, 0.25) is 0 Å². The first-order valence-corrected chi connectivity index (χ1v) is 7.59. The summed E-state index contributed by atoms with van der Waals surface area (Å²) >= 11 is 0. The van der Waals surface area contributed by atoms with E-state index in [2.05, 4.69) is 10.6 Å². The van der Waals surface area contributed by atoms with Crippen molar-refractivity contribution in [1.82, 2.24) is 0 Å². The van der Waals surface area contributed by atoms with Gasteiger partial charge in [0.05, 0.1) is 35.0 Å². The molecule has 2 N–H and O–H groups in total. The van der Waals surface area contributed by atoms with E-state index in [1.54, 1.807) is 37.4 Å². The Morgan fingerprint density at radius 1 is 0.880 bits per heavy atom. The van der Waals surface area contributed by atoms with Gasteiger partial charge < -0.3 is 29.6 Å². The molecule has 0 spiro atoms. The number of ether oxygens (including phenoxy) is 4. The minimum absolute atomic E-state index is 0.0792. The van der Waals surface area contributed by atoms with E-state index in [0.29, 0.717) is 34.4 Å². The first-order chi connectivity index (χ1) is 12.1. The molecule has 0 unspecified atom stereocenters. The van der Waals surface area contributed by atoms with E-state index in [9.17, 15) is 4.79 Å². The second-order valence-corrected chi connectivity index (χ2v) is 5.05. The number of carbonyl (C=O) groups excluding carboxylic acids is 1. The van der Waals surface area contributed by atoms with Crippen LogP contribution < -0.4 is 29.6 Å². The molecular weight excluding hydrogens is 324 g/mol. The maximum atomic E-state index is 12.1. The third kappa shape index (κ3) is 4.69. The van der Waals surface area contributed by atoms with Crippen LogP contribution in [-0.4, -0.2) is 40.9 Å². The molecule has 0 aliphatic rings. The number of carbonyl (C=O) groups is 1. The Morgan fingerprint density at radius 3 is 2.12 bits per heavy atom. The van der Waals surface area contributed by atoms with Crippen molar-refractivity contribution in [3.63, 3.8) is 0 Å². The van der Waals surface area contributed by atoms with Gasteiger partial charge >= 0.3 is 0 Å². The fraction of sp³-hybridized carbons (Fsp3) is 0.278. The highest BCUT2D eigenvalue weighted by atomic mass is 16.5. The van der Waals surface area contributed by atoms with Gasteiger partial charge in [-0.3, -0.25) is 4.79 Å². The van der Waals surface area contributed by atoms with E-state index in [4.69, 9.17) is 18.9 Å². The van der Waals surface area contributed by atoms with E-state index in [1.165, 1.54) is 21.3 Å². The maximum absolute atomic E-state index is 12.1. The largest absolute Gasteiger partial charge is 0.497 e. The summed E-state index contributed by atoms with van der Waals surface area (Å²) in [6.07, 6.45) is 0. The third-order valence-corrected chi connectivity index (χ3v) is 3.47. The van der Waals surface area contributed by atoms with Crippen molar-refractivity contribution in [2.45, 2.75) is 0 Å². The normalized spacial score (nSPS) is 9.92. The molecule has 0 aliphatic carbocycles. The van der Waals surface area contributed by atoms with Gasteiger partial charge in [0.2, 0.25) is 11.7 Å². The topological polar surface area (TPSA) is 78.1 Å². The predicted octanol–water partition coefficient (Wildman–Crippen LogP) is 2.77. The fourth-order valence-corrected chi connectivity index (χ4v) is 2.27. The Hall–Kier alpha value is -3.09. The molecule has 0 bridgehead atoms. The summed E-state index contributed by atoms with van der Waals surface area (Å²) in [5.74, 6) is 2.00. The number of benzene rings is 2. The van der Waals surface area contributed by atoms with Crippen LogP contribution in [0.4, 0.5) is 11.4 Å². The molecule has 0 saturated carbocycles. The Labute approximate surface area is 146 Å². The van der Waals surface area contributed by atoms with Crippen LogP contribution in [0.3, 0.4) is 0 Å². The van der Waals surface area contributed by atoms with E-state index >= 15 is 0 Å². The van der Waals surface area contributed by atoms with Crippen molar-refractivity contribution < 1.29 is 23.7 Å². The zero-order chi connectivity index (χ0) is 18.2. The number of amides is 1. The number of hydrogen-bond donors (Lipinski definition) is 2. The van der Waals surface area contributed by atoms with E-state index in [-0.39, 0.29) is 12.5 Å². The molecule has 25 heavy (non-hydrogen) atoms. The number of rotatable bonds is 8. The van der Waals surface area contributed by atoms with Crippen LogP contribution in [0.15, 0.2) is 36.4 Å². The number of anilines is 2. The second kappa shape index (κ2) is 8.68. The molecule has 2 aromatic rings. The van der Waals surface area contributed by atoms with Gasteiger partial charge in [0.25, 0.3) is 0 Å². The molecule has 7 heteroatoms. The maximum Gasteiger partial charge on any atom is 0.243 e. The lowest BCUT2D eigenvalue weighted by atomic mass is 10.2. The van der Waals surface area contributed by atoms with Crippen molar-refractivity contribution in [1.29, 1.82) is 0 Å². The van der Waals surface area contributed by atoms with Gasteiger partial charge in [-0.25, -0.2) is 0 Å². The van der Waals surface area contributed by atoms with Crippen LogP contribution in [-0.2, 0) is 4.79 Å². The Morgan fingerprint density at radius 2 is 1.56 bits per heavy atom. The van der Waals surface area contributed by atoms with E-state index < -0.39 is 0 Å². The summed E-state index contributed by atoms with van der Waals surface area (Å²) in [4.78, 5) is 12.1. The first kappa shape index (κ1) is 18.3. The first-order valence-electron chi connectivity index (χ1n) is 7.59. The van der Waals surface area contributed by atoms with Gasteiger partial charge in [0.1, 0.15) is 5.75 Å². The molecule has 1 amide bonds. The van der Waals surface area contributed by atoms with Gasteiger partial charge in [0.15, 0.2) is 11.5 Å². The Balaban J connectivity index is 2.03. The van der Waals surface area contributed by atoms with Crippen LogP contribution >= 0.6 is 0 Å². The van der Waals surface area contributed by atoms with Crippen LogP contribution in [0.1, 0.15) is 0 Å². The standard InChI is InChI=1S/C18H22N2O5/c1-22-14-7-5-6-12(8-14)20-17(21)11-19-13-9-15(23-2)18(25-4)16(10-13)24-3/h5-10,19H,11H2,1-4H3,(H,20,21). The Bertz CT molecular complexity index is 708. The zero-order valence-electron chi connectivity index (χ0n) is 14.7. The molecule has 0 fully saturated rings. The van der Waals surface area contributed by atoms with Crippen molar-refractivity contribution in [2.75, 3.05) is 45.6 Å². The van der Waals surface area contributed by atoms with Crippen molar-refractivity contribution in [3.05, 3.63) is 36.4 Å². The minimum atomic E-state index is -0.193. The average Bonchev–Trinajstić information content (AvgIpc) is 2.65. The lowest BCUT2D eigenvalue weighted by molar-refractivity contribution is -0.114. The highest BCUT2D eigenvalue weighted by Gasteiger charge is 2.13. The van der Waals surface area contributed by atoms with E-state index in [1.807, 2.05) is 6.07 Å². The molecular formula is C18H22N2O5. The lowest BCUT2D eigenvalue weighted by Gasteiger charge is -2.15. The minimum Gasteiger partial charge on any atom is -0.497 e. The molecule has 2 aromatic carbocycles. The van der Waals surface area contributed by atoms with Crippen molar-refractivity contribution in [2.24, 2.45) is 0 Å². The van der Waals surface area contributed by atoms with Crippen LogP contribution in [0.25, 0.3) is 0 Å². The van der Waals surface area contributed by atoms with Crippen molar-refractivity contribution >= 4 is 17.3 Å². The number of nitrogens with one attached hydrogen (secondary N) is 2. The molecule has 134 valence electrons. The van der Waals surface area contributed by atoms with Gasteiger partial charge in [-0.1, -0.05) is 6.07 Å². The van der Waals surface area contributed by atoms with Crippen LogP contribution in [0, 0.1) is 0 Å². The fourth-order valence-electron chi connectivity index (χ4n) is 2.27. The summed E-state index contributed by atoms with van der Waals surface area (Å²) in [6.45, 7) is 0.0792. The summed E-state index contributed by atoms with van der Waals surface area (Å²) < 4.78 is 21.0. The lowest BCUT2D eigenvalue weighted by Crippen LogP contribution is -2.21. The van der Waals surface area contributed by atoms with Crippen LogP contribution in [0.5, 0.6) is 23.0 Å². The second-order valence-electron chi connectivity index (χ2n) is 5.05. The molecule has 0 saturated heterocycles. The quantitative estimate of drug-likeness (QED) is 0.765. The molecule has 7 nitrogen and oxygen atoms in total. The monoisotopic (exact) mass is 346 g/mol. The van der Waals surface area contributed by atoms with E-state index in [0.717, 1.165) is 0 Å². The molecule has 0 atom stereocenters. The zero-order valence-corrected chi connectivity index (χ0v) is 14.7. The summed E-state index contributed by atoms with van der Waals surface area (Å²) in [5, 5.41) is 5.83. The van der Waals surface area contributed by atoms with Gasteiger partial charge in [-0.05, 0) is 12.1 Å². The predicted molar refractivity (Wildman–Crippen MR) is 96.2 cm³/mol. The molecule has 0 aliphatic heterocycles. The summed E-state index contributed by atoms with van der Waals surface area (Å²) in [7, 11) is 6.19. The Kier molecular flexibility index (Phi) is 6.33.